The summed E-state index contributed by atoms with van der Waals surface area (Å²) in [6.07, 6.45) is 0.219. The number of nitro benzene ring substituents is 3. The number of aliphatic hydroxyl groups is 2. The van der Waals surface area contributed by atoms with Crippen molar-refractivity contribution in [3.63, 3.8) is 0 Å². The number of nitrogens with two attached hydrogens (primary N) is 3. The second-order valence-electron chi connectivity index (χ2n) is 22.7. The molecule has 1 aliphatic rings. The lowest BCUT2D eigenvalue weighted by atomic mass is 10.1. The first kappa shape index (κ1) is 97.2. The zero-order chi connectivity index (χ0) is 87.9. The number of Topliss-reactive ketones (excluding diaryl/α,β-unsaturated/α-hetero) is 1. The van der Waals surface area contributed by atoms with Crippen molar-refractivity contribution < 1.29 is 121 Å². The lowest BCUT2D eigenvalue weighted by molar-refractivity contribution is -0.385. The number of nitrogen functional groups attached to an aromatic ring is 3. The Hall–Kier alpha value is -14.9. The van der Waals surface area contributed by atoms with Crippen molar-refractivity contribution in [3.8, 4) is 0 Å². The number of halogens is 2. The smallest absolute Gasteiger partial charge is 0.372 e. The molecule has 612 valence electrons. The third-order valence-corrected chi connectivity index (χ3v) is 15.4. The van der Waals surface area contributed by atoms with Crippen molar-refractivity contribution in [2.45, 2.75) is 51.8 Å². The van der Waals surface area contributed by atoms with Gasteiger partial charge in [-0.15, -0.1) is 20.5 Å². The summed E-state index contributed by atoms with van der Waals surface area (Å²) < 4.78 is 27.0. The highest BCUT2D eigenvalue weighted by Crippen LogP contribution is 2.28. The van der Waals surface area contributed by atoms with Gasteiger partial charge in [0.05, 0.1) is 94.4 Å². The van der Waals surface area contributed by atoms with Crippen molar-refractivity contribution in [2.24, 2.45) is 20.5 Å². The predicted molar refractivity (Wildman–Crippen MR) is 421 cm³/mol. The van der Waals surface area contributed by atoms with Crippen LogP contribution in [0.3, 0.4) is 0 Å². The topological polar surface area (TPSA) is 623 Å². The highest BCUT2D eigenvalue weighted by atomic mass is 79.9. The van der Waals surface area contributed by atoms with Gasteiger partial charge in [-0.1, -0.05) is 22.5 Å². The number of anilines is 6. The number of rotatable bonds is 21. The van der Waals surface area contributed by atoms with E-state index in [0.29, 0.717) is 34.9 Å². The second-order valence-corrected chi connectivity index (χ2v) is 25.4. The van der Waals surface area contributed by atoms with Crippen LogP contribution >= 0.6 is 31.9 Å². The molecular weight excluding hydrogens is 1670 g/mol. The van der Waals surface area contributed by atoms with Gasteiger partial charge in [-0.3, -0.25) is 64.0 Å². The van der Waals surface area contributed by atoms with Gasteiger partial charge in [0.1, 0.15) is 40.9 Å². The highest BCUT2D eigenvalue weighted by Gasteiger charge is 2.23. The van der Waals surface area contributed by atoms with Crippen LogP contribution in [0.1, 0.15) is 110 Å². The van der Waals surface area contributed by atoms with Crippen LogP contribution in [0.15, 0.2) is 207 Å². The van der Waals surface area contributed by atoms with Crippen molar-refractivity contribution in [3.05, 3.63) is 251 Å². The number of aliphatic hydroxyl groups excluding tert-OH is 2. The minimum absolute atomic E-state index is 0.00258. The number of nitrogens with one attached hydrogen (secondary N) is 3. The SMILES string of the molecule is C=C1CC(=O)O1.CC(=O)CC(=O)Nc1ccc([N+](=O)[O-])cc1.CC(C)(Br)C(=O)Br.COC(=O)c1ccc(C(=O)OC)c(N=NC(C(=O)Nc2ccc(N)cc2)=C(C)O)c1.COC(=O)c1ccc(C(=O)OC)c(N=NC(C(=O)Nc2ccc([N+](=O)[O-])cc2)=C(C)O)c1.COC(=O)c1ccc(C(=O)OO)cc1N.Nc1ccc([N+](=O)[O-])cc1. The number of esters is 6. The molecule has 0 spiro atoms. The molecule has 1 fully saturated rings. The fraction of sp³-hybridized carbons (Fsp3) is 0.178. The zero-order valence-electron chi connectivity index (χ0n) is 62.7. The van der Waals surface area contributed by atoms with Crippen LogP contribution in [0, 0.1) is 30.3 Å². The van der Waals surface area contributed by atoms with Gasteiger partial charge in [0.2, 0.25) is 10.6 Å². The molecule has 12 N–H and O–H groups in total. The molecular formula is C73H73Br2N13O28. The number of non-ortho nitro benzene ring substituents is 3. The molecule has 1 heterocycles. The number of nitrogens with zero attached hydrogens (tertiary/aromatic N) is 7. The van der Waals surface area contributed by atoms with E-state index in [4.69, 9.17) is 22.5 Å². The number of ketones is 1. The summed E-state index contributed by atoms with van der Waals surface area (Å²) in [5.74, 6) is -7.14. The molecule has 8 rings (SSSR count). The maximum atomic E-state index is 12.5. The van der Waals surface area contributed by atoms with E-state index in [0.717, 1.165) is 7.11 Å². The Morgan fingerprint density at radius 2 is 0.810 bits per heavy atom. The number of nitro groups is 3. The lowest BCUT2D eigenvalue weighted by Gasteiger charge is -2.12. The number of alkyl halides is 1. The number of cyclic esters (lactones) is 1. The Kier molecular flexibility index (Phi) is 40.2. The number of amides is 3. The van der Waals surface area contributed by atoms with Gasteiger partial charge >= 0.3 is 41.8 Å². The summed E-state index contributed by atoms with van der Waals surface area (Å²) in [4.78, 5) is 170. The van der Waals surface area contributed by atoms with E-state index >= 15 is 0 Å². The number of allylic oxidation sites excluding steroid dienone is 2. The summed E-state index contributed by atoms with van der Waals surface area (Å²) in [6, 6.07) is 34.0. The van der Waals surface area contributed by atoms with Crippen molar-refractivity contribution >= 4 is 164 Å². The van der Waals surface area contributed by atoms with Crippen LogP contribution < -0.4 is 33.2 Å². The lowest BCUT2D eigenvalue weighted by Crippen LogP contribution is -2.17. The Morgan fingerprint density at radius 1 is 0.509 bits per heavy atom. The van der Waals surface area contributed by atoms with Crippen molar-refractivity contribution in [1.29, 1.82) is 0 Å². The van der Waals surface area contributed by atoms with Crippen molar-refractivity contribution in [1.82, 2.24) is 0 Å². The quantitative estimate of drug-likeness (QED) is 0.00262. The molecule has 0 saturated carbocycles. The normalized spacial score (nSPS) is 11.2. The number of carbonyl (C=O) groups is 12. The van der Waals surface area contributed by atoms with Gasteiger partial charge in [-0.2, -0.15) is 5.26 Å². The van der Waals surface area contributed by atoms with Gasteiger partial charge in [0, 0.05) is 70.5 Å². The number of benzene rings is 7. The molecule has 0 bridgehead atoms. The third kappa shape index (κ3) is 33.8. The fourth-order valence-electron chi connectivity index (χ4n) is 7.71. The molecule has 7 aromatic carbocycles. The van der Waals surface area contributed by atoms with Crippen LogP contribution in [-0.4, -0.2) is 140 Å². The minimum Gasteiger partial charge on any atom is -0.510 e. The minimum atomic E-state index is -0.946. The standard InChI is InChI=1S/C20H18N4O8.C20H20N4O6.C10H10N2O4.C9H9NO5.C6H6N2O2.C4H6Br2O.C4H4O2/c1-11(25)17(18(26)21-13-5-7-14(8-6-13)24(29)30)23-22-16-10-12(19(27)31-2)4-9-15(16)20(28)32-3;1-11(25)17(18(26)22-14-7-5-13(21)6-8-14)24-23-16-10-12(19(27)29-2)4-9-15(16)20(28)30-3;1-7(13)6-10(14)11-8-2-4-9(5-3-8)12(15)16;1-14-9(12)6-3-2-5(4-7(6)10)8(11)15-13;7-5-1-3-6(4-2-5)8(9)10;1-4(2,6)3(5)7;1-3-2-4(5)6-3/h4-10,25H,1-3H3,(H,21,26);4-10,25H,21H2,1-3H3,(H,22,26);2-5H,6H2,1H3,(H,11,14);2-4,13H,10H2,1H3;1-4H,7H2;1-2H3;1-2H2. The molecule has 0 radical (unpaired) electrons. The molecule has 0 atom stereocenters. The number of hydrogen-bond donors (Lipinski definition) is 9. The molecule has 1 aliphatic heterocycles. The van der Waals surface area contributed by atoms with E-state index in [1.165, 1.54) is 177 Å². The van der Waals surface area contributed by atoms with Gasteiger partial charge in [0.25, 0.3) is 28.9 Å². The van der Waals surface area contributed by atoms with Gasteiger partial charge in [-0.25, -0.2) is 28.8 Å². The van der Waals surface area contributed by atoms with Crippen LogP contribution in [0.5, 0.6) is 0 Å². The summed E-state index contributed by atoms with van der Waals surface area (Å²) in [6.45, 7) is 10.7. The van der Waals surface area contributed by atoms with Crippen LogP contribution in [0.2, 0.25) is 0 Å². The van der Waals surface area contributed by atoms with Crippen LogP contribution in [0.4, 0.5) is 62.6 Å². The summed E-state index contributed by atoms with van der Waals surface area (Å²) in [7, 11) is 5.93. The van der Waals surface area contributed by atoms with E-state index in [2.05, 4.69) is 108 Å². The Balaban J connectivity index is 0.000000494. The van der Waals surface area contributed by atoms with E-state index in [-0.39, 0.29) is 96.1 Å². The zero-order valence-corrected chi connectivity index (χ0v) is 65.9. The molecule has 7 aromatic rings. The molecule has 0 aliphatic carbocycles. The summed E-state index contributed by atoms with van der Waals surface area (Å²) >= 11 is 5.96. The predicted octanol–water partition coefficient (Wildman–Crippen LogP) is 12.9. The second kappa shape index (κ2) is 48.0. The fourth-order valence-corrected chi connectivity index (χ4v) is 7.71. The summed E-state index contributed by atoms with van der Waals surface area (Å²) in [5.41, 5.74) is 17.7. The molecule has 43 heteroatoms. The number of azo groups is 2. The number of carbonyl (C=O) groups excluding carboxylic acids is 12. The largest absolute Gasteiger partial charge is 0.510 e. The summed E-state index contributed by atoms with van der Waals surface area (Å²) in [5, 5.41) is 81.6. The van der Waals surface area contributed by atoms with E-state index in [1.807, 2.05) is 0 Å². The van der Waals surface area contributed by atoms with Gasteiger partial charge in [0.15, 0.2) is 11.4 Å². The Bertz CT molecular complexity index is 4920. The number of hydrogen-bond acceptors (Lipinski definition) is 35. The average molecular weight is 1740 g/mol. The molecule has 0 aromatic heterocycles. The van der Waals surface area contributed by atoms with Gasteiger partial charge in [-0.05, 0) is 166 Å². The Morgan fingerprint density at radius 3 is 1.09 bits per heavy atom. The number of methoxy groups -OCH3 is 5. The monoisotopic (exact) mass is 1740 g/mol. The highest BCUT2D eigenvalue weighted by molar-refractivity contribution is 9.20. The maximum Gasteiger partial charge on any atom is 0.372 e. The average Bonchev–Trinajstić information content (AvgIpc) is 0.838. The number of ether oxygens (including phenoxy) is 6. The Labute approximate surface area is 673 Å². The van der Waals surface area contributed by atoms with Crippen molar-refractivity contribution in [2.75, 3.05) is 68.7 Å². The first-order valence-electron chi connectivity index (χ1n) is 32.1. The van der Waals surface area contributed by atoms with E-state index in [1.54, 1.807) is 38.1 Å². The molecule has 1 saturated heterocycles. The maximum absolute atomic E-state index is 12.5. The van der Waals surface area contributed by atoms with Crippen LogP contribution in [-0.2, 0) is 62.1 Å². The van der Waals surface area contributed by atoms with E-state index in [9.17, 15) is 98.1 Å². The first-order chi connectivity index (χ1) is 54.4. The molecule has 116 heavy (non-hydrogen) atoms. The first-order valence-corrected chi connectivity index (χ1v) is 33.7. The molecule has 0 unspecified atom stereocenters. The van der Waals surface area contributed by atoms with Gasteiger partial charge < -0.3 is 71.8 Å². The third-order valence-electron chi connectivity index (χ3n) is 13.5. The molecule has 41 nitrogen and oxygen atoms in total. The van der Waals surface area contributed by atoms with E-state index < -0.39 is 95.5 Å². The van der Waals surface area contributed by atoms with Crippen LogP contribution in [0.25, 0.3) is 0 Å². The molecule has 3 amide bonds.